The molecule has 0 radical (unpaired) electrons. The summed E-state index contributed by atoms with van der Waals surface area (Å²) in [5, 5.41) is -0.490. The largest absolute Gasteiger partial charge is 0.455 e. The molecule has 220 valence electrons. The lowest BCUT2D eigenvalue weighted by atomic mass is 9.84. The monoisotopic (exact) mass is 611 g/mol. The molecule has 9 aromatic rings. The van der Waals surface area contributed by atoms with Crippen molar-refractivity contribution in [1.82, 2.24) is 0 Å². The Morgan fingerprint density at radius 3 is 1.53 bits per heavy atom. The Kier molecular flexibility index (Phi) is 4.08. The van der Waals surface area contributed by atoms with Gasteiger partial charge in [-0.1, -0.05) is 170 Å². The molecule has 0 unspecified atom stereocenters. The third-order valence-corrected chi connectivity index (χ3v) is 8.43. The number of fused-ring (bicyclic) bond motifs is 3. The van der Waals surface area contributed by atoms with E-state index in [2.05, 4.69) is 0 Å². The van der Waals surface area contributed by atoms with E-state index in [-0.39, 0.29) is 44.0 Å². The Hall–Kier alpha value is -6.18. The van der Waals surface area contributed by atoms with Crippen molar-refractivity contribution in [2.45, 2.75) is 0 Å². The van der Waals surface area contributed by atoms with Crippen LogP contribution < -0.4 is 0 Å². The average Bonchev–Trinajstić information content (AvgIpc) is 3.65. The van der Waals surface area contributed by atoms with Crippen LogP contribution in [0.3, 0.4) is 0 Å². The molecule has 0 aliphatic carbocycles. The second-order valence-electron chi connectivity index (χ2n) is 11.0. The van der Waals surface area contributed by atoms with Crippen LogP contribution in [0.5, 0.6) is 0 Å². The van der Waals surface area contributed by atoms with Gasteiger partial charge in [-0.2, -0.15) is 0 Å². The molecule has 1 heteroatoms. The van der Waals surface area contributed by atoms with E-state index in [1.54, 1.807) is 6.07 Å². The Balaban J connectivity index is 1.61. The minimum atomic E-state index is -0.730. The first-order chi connectivity index (χ1) is 28.7. The fraction of sp³-hybridized carbons (Fsp3) is 0. The van der Waals surface area contributed by atoms with Crippen LogP contribution in [0, 0.1) is 0 Å². The fourth-order valence-corrected chi connectivity index (χ4v) is 6.40. The smallest absolute Gasteiger partial charge is 0.143 e. The Morgan fingerprint density at radius 1 is 0.362 bits per heavy atom. The molecule has 0 N–H and O–H groups in total. The highest BCUT2D eigenvalue weighted by Gasteiger charge is 2.25. The van der Waals surface area contributed by atoms with Crippen molar-refractivity contribution in [3.8, 4) is 55.8 Å². The third-order valence-electron chi connectivity index (χ3n) is 8.43. The lowest BCUT2D eigenvalue weighted by Gasteiger charge is -2.18. The number of furan rings is 1. The maximum Gasteiger partial charge on any atom is 0.143 e. The molecule has 0 saturated heterocycles. The SMILES string of the molecule is [2H]c1c([2H])c([2H])c(-c2c3c([2H])c([2H])c([2H])c([2H])c3c(-c3c(-c4ccccc4-c4ccccc4)oc4ccc(-c5ccccc5)cc34)c3c([2H])c([2H])c([2H])c([2H])c23)c([2H])c1[2H]. The molecule has 0 amide bonds. The number of rotatable bonds is 5. The van der Waals surface area contributed by atoms with Crippen LogP contribution in [0.2, 0.25) is 0 Å². The lowest BCUT2D eigenvalue weighted by Crippen LogP contribution is -1.92. The Morgan fingerprint density at radius 2 is 0.894 bits per heavy atom. The highest BCUT2D eigenvalue weighted by molar-refractivity contribution is 6.25. The maximum atomic E-state index is 9.57. The second kappa shape index (κ2) is 11.3. The van der Waals surface area contributed by atoms with Gasteiger partial charge in [-0.05, 0) is 67.1 Å². The molecule has 0 bridgehead atoms. The first kappa shape index (κ1) is 16.9. The summed E-state index contributed by atoms with van der Waals surface area (Å²) in [6.07, 6.45) is 0. The van der Waals surface area contributed by atoms with Crippen LogP contribution in [-0.2, 0) is 0 Å². The third kappa shape index (κ3) is 4.56. The van der Waals surface area contributed by atoms with Crippen molar-refractivity contribution in [2.24, 2.45) is 0 Å². The molecule has 0 aliphatic rings. The van der Waals surface area contributed by atoms with Crippen LogP contribution in [0.15, 0.2) is 186 Å². The zero-order chi connectivity index (χ0) is 42.5. The first-order valence-electron chi connectivity index (χ1n) is 21.5. The predicted octanol–water partition coefficient (Wildman–Crippen LogP) is 13.1. The van der Waals surface area contributed by atoms with Crippen LogP contribution >= 0.6 is 0 Å². The summed E-state index contributed by atoms with van der Waals surface area (Å²) in [7, 11) is 0. The van der Waals surface area contributed by atoms with E-state index in [9.17, 15) is 5.48 Å². The normalized spacial score (nSPS) is 15.3. The highest BCUT2D eigenvalue weighted by Crippen LogP contribution is 2.51. The van der Waals surface area contributed by atoms with Crippen LogP contribution in [0.25, 0.3) is 88.3 Å². The quantitative estimate of drug-likeness (QED) is 0.176. The number of hydrogen-bond donors (Lipinski definition) is 0. The zero-order valence-electron chi connectivity index (χ0n) is 37.7. The zero-order valence-corrected chi connectivity index (χ0v) is 24.7. The molecule has 0 aliphatic heterocycles. The topological polar surface area (TPSA) is 13.1 Å². The van der Waals surface area contributed by atoms with Crippen LogP contribution in [0.1, 0.15) is 17.8 Å². The van der Waals surface area contributed by atoms with Crippen molar-refractivity contribution in [2.75, 3.05) is 0 Å². The molecule has 1 aromatic heterocycles. The first-order valence-corrected chi connectivity index (χ1v) is 15.0. The van der Waals surface area contributed by atoms with E-state index in [1.807, 2.05) is 97.1 Å². The number of hydrogen-bond acceptors (Lipinski definition) is 1. The molecule has 0 spiro atoms. The standard InChI is InChI=1S/C46H30O/c1-4-16-31(17-5-1)34-28-29-42-41(30-34)45(46(47-42)40-27-15-10-22-35(40)32-18-6-2-7-19-32)44-38-25-13-11-23-36(38)43(33-20-8-3-9-21-33)37-24-12-14-26-39(37)44/h1-30H/i3D,8D,9D,11D,12D,13D,14D,20D,21D,23D,24D,25D,26D. The molecule has 47 heavy (non-hydrogen) atoms. The van der Waals surface area contributed by atoms with E-state index in [1.165, 1.54) is 0 Å². The lowest BCUT2D eigenvalue weighted by molar-refractivity contribution is 0.633. The second-order valence-corrected chi connectivity index (χ2v) is 11.0. The average molecular weight is 612 g/mol. The summed E-state index contributed by atoms with van der Waals surface area (Å²) in [6.45, 7) is 0. The molecule has 8 aromatic carbocycles. The predicted molar refractivity (Wildman–Crippen MR) is 198 cm³/mol. The van der Waals surface area contributed by atoms with E-state index < -0.39 is 84.1 Å². The van der Waals surface area contributed by atoms with Gasteiger partial charge in [0.25, 0.3) is 0 Å². The summed E-state index contributed by atoms with van der Waals surface area (Å²) >= 11 is 0. The van der Waals surface area contributed by atoms with Gasteiger partial charge in [-0.25, -0.2) is 0 Å². The minimum Gasteiger partial charge on any atom is -0.455 e. The fourth-order valence-electron chi connectivity index (χ4n) is 6.40. The number of benzene rings is 8. The van der Waals surface area contributed by atoms with Crippen molar-refractivity contribution >= 4 is 32.5 Å². The minimum absolute atomic E-state index is 0.00283. The van der Waals surface area contributed by atoms with E-state index >= 15 is 0 Å². The summed E-state index contributed by atoms with van der Waals surface area (Å²) in [5.41, 5.74) is 3.60. The van der Waals surface area contributed by atoms with Gasteiger partial charge in [0.1, 0.15) is 11.3 Å². The summed E-state index contributed by atoms with van der Waals surface area (Å²) in [6, 6.07) is 23.4. The molecule has 0 saturated carbocycles. The van der Waals surface area contributed by atoms with Crippen molar-refractivity contribution in [1.29, 1.82) is 0 Å². The van der Waals surface area contributed by atoms with Gasteiger partial charge >= 0.3 is 0 Å². The van der Waals surface area contributed by atoms with Gasteiger partial charge < -0.3 is 4.42 Å². The molecule has 1 heterocycles. The highest BCUT2D eigenvalue weighted by atomic mass is 16.3. The van der Waals surface area contributed by atoms with Crippen molar-refractivity contribution < 1.29 is 22.2 Å². The molecular weight excluding hydrogens is 569 g/mol. The Labute approximate surface area is 292 Å². The summed E-state index contributed by atoms with van der Waals surface area (Å²) in [5.74, 6) is 0.243. The van der Waals surface area contributed by atoms with Gasteiger partial charge in [0.2, 0.25) is 0 Å². The van der Waals surface area contributed by atoms with E-state index in [4.69, 9.17) is 16.8 Å². The Bertz CT molecular complexity index is 3180. The summed E-state index contributed by atoms with van der Waals surface area (Å²) in [4.78, 5) is 0. The molecule has 9 rings (SSSR count). The van der Waals surface area contributed by atoms with Gasteiger partial charge in [-0.15, -0.1) is 0 Å². The van der Waals surface area contributed by atoms with Crippen molar-refractivity contribution in [3.05, 3.63) is 182 Å². The van der Waals surface area contributed by atoms with Crippen LogP contribution in [-0.4, -0.2) is 0 Å². The van der Waals surface area contributed by atoms with E-state index in [0.29, 0.717) is 16.5 Å². The van der Waals surface area contributed by atoms with Gasteiger partial charge in [0.15, 0.2) is 0 Å². The summed E-state index contributed by atoms with van der Waals surface area (Å²) < 4.78 is 124. The van der Waals surface area contributed by atoms with Gasteiger partial charge in [0, 0.05) is 22.1 Å². The molecule has 1 nitrogen and oxygen atoms in total. The van der Waals surface area contributed by atoms with E-state index in [0.717, 1.165) is 22.3 Å². The molecule has 0 fully saturated rings. The van der Waals surface area contributed by atoms with Crippen molar-refractivity contribution in [3.63, 3.8) is 0 Å². The van der Waals surface area contributed by atoms with Gasteiger partial charge in [-0.3, -0.25) is 0 Å². The van der Waals surface area contributed by atoms with Gasteiger partial charge in [0.05, 0.1) is 17.8 Å². The molecular formula is C46H30O. The maximum absolute atomic E-state index is 9.57. The van der Waals surface area contributed by atoms with Crippen LogP contribution in [0.4, 0.5) is 0 Å². The molecule has 0 atom stereocenters.